The van der Waals surface area contributed by atoms with Crippen molar-refractivity contribution in [3.8, 4) is 45.9 Å². The van der Waals surface area contributed by atoms with Crippen LogP contribution in [0.15, 0.2) is 138 Å². The van der Waals surface area contributed by atoms with Crippen molar-refractivity contribution in [3.63, 3.8) is 0 Å². The van der Waals surface area contributed by atoms with Gasteiger partial charge in [0.1, 0.15) is 0 Å². The van der Waals surface area contributed by atoms with E-state index < -0.39 is 11.1 Å². The Kier molecular flexibility index (Phi) is 9.56. The second-order valence-corrected chi connectivity index (χ2v) is 10.5. The van der Waals surface area contributed by atoms with Crippen molar-refractivity contribution in [1.82, 2.24) is 4.90 Å². The monoisotopic (exact) mass is 550 g/mol. The van der Waals surface area contributed by atoms with Gasteiger partial charge in [-0.1, -0.05) is 121 Å². The third-order valence-corrected chi connectivity index (χ3v) is 7.23. The first-order valence-electron chi connectivity index (χ1n) is 13.3. The molecular formula is C37H28NO2S-. The van der Waals surface area contributed by atoms with Crippen LogP contribution >= 0.6 is 0 Å². The van der Waals surface area contributed by atoms with E-state index in [9.17, 15) is 8.76 Å². The van der Waals surface area contributed by atoms with Crippen LogP contribution in [-0.4, -0.2) is 26.8 Å². The lowest BCUT2D eigenvalue weighted by Crippen LogP contribution is -2.24. The largest absolute Gasteiger partial charge is 0.768 e. The summed E-state index contributed by atoms with van der Waals surface area (Å²) in [5, 5.41) is 0. The van der Waals surface area contributed by atoms with Gasteiger partial charge in [-0.25, -0.2) is 0 Å². The number of hydrogen-bond donors (Lipinski definition) is 0. The molecule has 0 aliphatic rings. The first-order chi connectivity index (χ1) is 20.1. The van der Waals surface area contributed by atoms with E-state index >= 15 is 0 Å². The molecule has 0 fully saturated rings. The average molecular weight is 551 g/mol. The van der Waals surface area contributed by atoms with Gasteiger partial charge in [0.2, 0.25) is 0 Å². The zero-order valence-electron chi connectivity index (χ0n) is 22.5. The number of benzene rings is 5. The summed E-state index contributed by atoms with van der Waals surface area (Å²) in [4.78, 5) is 2.43. The number of nitrogens with zero attached hydrogens (tertiary/aromatic N) is 1. The Morgan fingerprint density at radius 1 is 0.537 bits per heavy atom. The molecule has 0 heterocycles. The SMILES string of the molecule is O=S([O-])c1ccc(CN(CC#Cc2ccc(-c3ccccc3)cc2)CC#Cc2ccc(-c3ccccc3)cc2)cc1. The van der Waals surface area contributed by atoms with E-state index in [0.29, 0.717) is 19.6 Å². The number of hydrogen-bond acceptors (Lipinski definition) is 3. The molecule has 0 aromatic heterocycles. The first kappa shape index (κ1) is 27.8. The third kappa shape index (κ3) is 8.15. The summed E-state index contributed by atoms with van der Waals surface area (Å²) in [6, 6.07) is 44.0. The van der Waals surface area contributed by atoms with Crippen LogP contribution in [-0.2, 0) is 17.6 Å². The molecule has 5 rings (SSSR count). The minimum Gasteiger partial charge on any atom is -0.768 e. The average Bonchev–Trinajstić information content (AvgIpc) is 3.03. The van der Waals surface area contributed by atoms with Crippen LogP contribution < -0.4 is 0 Å². The Morgan fingerprint density at radius 3 is 1.37 bits per heavy atom. The van der Waals surface area contributed by atoms with E-state index in [-0.39, 0.29) is 4.90 Å². The van der Waals surface area contributed by atoms with Gasteiger partial charge in [0, 0.05) is 22.6 Å². The molecule has 0 saturated carbocycles. The highest BCUT2D eigenvalue weighted by Gasteiger charge is 2.04. The molecule has 0 radical (unpaired) electrons. The van der Waals surface area contributed by atoms with Gasteiger partial charge in [0.25, 0.3) is 0 Å². The van der Waals surface area contributed by atoms with Gasteiger partial charge in [-0.2, -0.15) is 0 Å². The highest BCUT2D eigenvalue weighted by Crippen LogP contribution is 2.20. The van der Waals surface area contributed by atoms with Gasteiger partial charge in [0.15, 0.2) is 0 Å². The zero-order chi connectivity index (χ0) is 28.3. The van der Waals surface area contributed by atoms with E-state index in [1.165, 1.54) is 11.1 Å². The second-order valence-electron chi connectivity index (χ2n) is 9.51. The number of rotatable bonds is 7. The fraction of sp³-hybridized carbons (Fsp3) is 0.0811. The summed E-state index contributed by atoms with van der Waals surface area (Å²) in [6.07, 6.45) is 0. The van der Waals surface area contributed by atoms with Crippen molar-refractivity contribution in [3.05, 3.63) is 150 Å². The van der Waals surface area contributed by atoms with Gasteiger partial charge in [-0.05, 0) is 75.3 Å². The van der Waals surface area contributed by atoms with Crippen LogP contribution in [0.2, 0.25) is 0 Å². The second kappa shape index (κ2) is 14.1. The molecule has 0 spiro atoms. The van der Waals surface area contributed by atoms with E-state index in [4.69, 9.17) is 0 Å². The van der Waals surface area contributed by atoms with Crippen molar-refractivity contribution < 1.29 is 8.76 Å². The van der Waals surface area contributed by atoms with E-state index in [0.717, 1.165) is 27.8 Å². The van der Waals surface area contributed by atoms with Crippen LogP contribution in [0.4, 0.5) is 0 Å². The fourth-order valence-corrected chi connectivity index (χ4v) is 4.75. The lowest BCUT2D eigenvalue weighted by Gasteiger charge is -2.17. The standard InChI is InChI=1S/C37H29NO2S/c39-41(40)37-25-19-32(20-26-37)29-38(27-7-9-30-15-21-35(22-16-30)33-11-3-1-4-12-33)28-8-10-31-17-23-36(24-18-31)34-13-5-2-6-14-34/h1-6,11-26H,27-29H2,(H,39,40)/p-1. The molecule has 0 amide bonds. The minimum atomic E-state index is -2.24. The molecule has 4 heteroatoms. The summed E-state index contributed by atoms with van der Waals surface area (Å²) in [5.41, 5.74) is 7.59. The molecule has 5 aromatic carbocycles. The molecule has 3 nitrogen and oxygen atoms in total. The van der Waals surface area contributed by atoms with Crippen LogP contribution in [0.25, 0.3) is 22.3 Å². The minimum absolute atomic E-state index is 0.276. The van der Waals surface area contributed by atoms with Crippen LogP contribution in [0.3, 0.4) is 0 Å². The Labute approximate surface area is 244 Å². The normalized spacial score (nSPS) is 11.2. The van der Waals surface area contributed by atoms with Gasteiger partial charge in [-0.15, -0.1) is 0 Å². The predicted octanol–water partition coefficient (Wildman–Crippen LogP) is 7.16. The van der Waals surface area contributed by atoms with Crippen LogP contribution in [0.5, 0.6) is 0 Å². The van der Waals surface area contributed by atoms with E-state index in [2.05, 4.69) is 77.1 Å². The van der Waals surface area contributed by atoms with Crippen LogP contribution in [0, 0.1) is 23.7 Å². The van der Waals surface area contributed by atoms with Crippen molar-refractivity contribution in [2.24, 2.45) is 0 Å². The quantitative estimate of drug-likeness (QED) is 0.159. The summed E-state index contributed by atoms with van der Waals surface area (Å²) in [5.74, 6) is 13.1. The molecule has 0 aliphatic carbocycles. The molecule has 41 heavy (non-hydrogen) atoms. The summed E-state index contributed by atoms with van der Waals surface area (Å²) >= 11 is -2.24. The summed E-state index contributed by atoms with van der Waals surface area (Å²) in [7, 11) is 0. The molecule has 0 bridgehead atoms. The van der Waals surface area contributed by atoms with Gasteiger partial charge >= 0.3 is 0 Å². The lowest BCUT2D eigenvalue weighted by molar-refractivity contribution is 0.337. The molecule has 1 unspecified atom stereocenters. The first-order valence-corrected chi connectivity index (χ1v) is 14.4. The smallest absolute Gasteiger partial charge is 0.0617 e. The zero-order valence-corrected chi connectivity index (χ0v) is 23.3. The molecule has 0 aliphatic heterocycles. The third-order valence-electron chi connectivity index (χ3n) is 6.58. The molecule has 0 saturated heterocycles. The topological polar surface area (TPSA) is 43.4 Å². The van der Waals surface area contributed by atoms with E-state index in [1.807, 2.05) is 72.8 Å². The van der Waals surface area contributed by atoms with E-state index in [1.54, 1.807) is 12.1 Å². The highest BCUT2D eigenvalue weighted by molar-refractivity contribution is 7.79. The Morgan fingerprint density at radius 2 is 0.951 bits per heavy atom. The van der Waals surface area contributed by atoms with Crippen molar-refractivity contribution in [2.45, 2.75) is 11.4 Å². The maximum Gasteiger partial charge on any atom is 0.0617 e. The van der Waals surface area contributed by atoms with Gasteiger partial charge in [0.05, 0.1) is 13.1 Å². The Bertz CT molecular complexity index is 1600. The predicted molar refractivity (Wildman–Crippen MR) is 166 cm³/mol. The van der Waals surface area contributed by atoms with Crippen molar-refractivity contribution in [1.29, 1.82) is 0 Å². The lowest BCUT2D eigenvalue weighted by atomic mass is 10.0. The Hall–Kier alpha value is -4.71. The molecule has 5 aromatic rings. The maximum absolute atomic E-state index is 11.2. The van der Waals surface area contributed by atoms with Crippen LogP contribution in [0.1, 0.15) is 16.7 Å². The molecule has 1 atom stereocenters. The van der Waals surface area contributed by atoms with Crippen molar-refractivity contribution in [2.75, 3.05) is 13.1 Å². The Balaban J connectivity index is 1.27. The fourth-order valence-electron chi connectivity index (χ4n) is 4.39. The molecule has 0 N–H and O–H groups in total. The molecular weight excluding hydrogens is 522 g/mol. The molecule has 200 valence electrons. The highest BCUT2D eigenvalue weighted by atomic mass is 32.2. The van der Waals surface area contributed by atoms with Gasteiger partial charge in [-0.3, -0.25) is 9.11 Å². The maximum atomic E-state index is 11.2. The summed E-state index contributed by atoms with van der Waals surface area (Å²) < 4.78 is 22.5. The van der Waals surface area contributed by atoms with Crippen molar-refractivity contribution >= 4 is 11.1 Å². The summed E-state index contributed by atoms with van der Waals surface area (Å²) in [6.45, 7) is 1.66. The van der Waals surface area contributed by atoms with Gasteiger partial charge < -0.3 is 4.55 Å².